The Balaban J connectivity index is 1.48. The number of Topliss-reactive ketones (excluding diaryl/α,β-unsaturated/α-hetero) is 1. The summed E-state index contributed by atoms with van der Waals surface area (Å²) in [5, 5.41) is 12.3. The molecule has 1 heterocycles. The number of methoxy groups -OCH3 is 1. The van der Waals surface area contributed by atoms with E-state index < -0.39 is 0 Å². The van der Waals surface area contributed by atoms with Crippen LogP contribution in [0.1, 0.15) is 73.1 Å². The van der Waals surface area contributed by atoms with E-state index in [0.717, 1.165) is 23.5 Å². The normalized spacial score (nSPS) is 13.9. The van der Waals surface area contributed by atoms with E-state index in [9.17, 15) is 9.59 Å². The van der Waals surface area contributed by atoms with Crippen molar-refractivity contribution in [2.75, 3.05) is 19.4 Å². The third kappa shape index (κ3) is 6.55. The molecule has 2 aromatic carbocycles. The number of para-hydroxylation sites is 2. The molecular formula is C28H34N4O3S. The molecule has 36 heavy (non-hydrogen) atoms. The van der Waals surface area contributed by atoms with Gasteiger partial charge < -0.3 is 10.1 Å². The second kappa shape index (κ2) is 12.7. The van der Waals surface area contributed by atoms with E-state index in [1.165, 1.54) is 56.4 Å². The lowest BCUT2D eigenvalue weighted by Crippen LogP contribution is -2.21. The predicted molar refractivity (Wildman–Crippen MR) is 142 cm³/mol. The molecule has 190 valence electrons. The molecule has 0 atom stereocenters. The van der Waals surface area contributed by atoms with Crippen LogP contribution in [0.3, 0.4) is 0 Å². The number of amides is 1. The summed E-state index contributed by atoms with van der Waals surface area (Å²) in [7, 11) is 1.63. The number of nitrogens with zero attached hydrogens (tertiary/aromatic N) is 3. The van der Waals surface area contributed by atoms with Gasteiger partial charge >= 0.3 is 0 Å². The fourth-order valence-corrected chi connectivity index (χ4v) is 5.57. The average molecular weight is 507 g/mol. The zero-order chi connectivity index (χ0) is 25.3. The van der Waals surface area contributed by atoms with Crippen LogP contribution in [-0.4, -0.2) is 45.9 Å². The first-order valence-electron chi connectivity index (χ1n) is 12.6. The summed E-state index contributed by atoms with van der Waals surface area (Å²) in [5.41, 5.74) is 2.89. The van der Waals surface area contributed by atoms with Crippen molar-refractivity contribution in [2.45, 2.75) is 62.9 Å². The Kier molecular flexibility index (Phi) is 9.17. The van der Waals surface area contributed by atoms with Gasteiger partial charge in [-0.25, -0.2) is 0 Å². The molecule has 0 saturated heterocycles. The fraction of sp³-hybridized carbons (Fsp3) is 0.429. The second-order valence-electron chi connectivity index (χ2n) is 9.16. The monoisotopic (exact) mass is 506 g/mol. The molecule has 8 heteroatoms. The molecule has 0 radical (unpaired) electrons. The van der Waals surface area contributed by atoms with Crippen molar-refractivity contribution in [3.8, 4) is 11.4 Å². The Morgan fingerprint density at radius 1 is 1.06 bits per heavy atom. The number of hydrogen-bond acceptors (Lipinski definition) is 6. The first-order chi connectivity index (χ1) is 17.6. The van der Waals surface area contributed by atoms with Crippen LogP contribution in [0.25, 0.3) is 5.69 Å². The number of benzene rings is 2. The summed E-state index contributed by atoms with van der Waals surface area (Å²) >= 11 is 1.38. The van der Waals surface area contributed by atoms with Crippen LogP contribution in [0.2, 0.25) is 0 Å². The van der Waals surface area contributed by atoms with Gasteiger partial charge in [0.1, 0.15) is 11.6 Å². The predicted octanol–water partition coefficient (Wildman–Crippen LogP) is 5.37. The molecule has 0 spiro atoms. The first-order valence-corrected chi connectivity index (χ1v) is 13.6. The van der Waals surface area contributed by atoms with E-state index in [-0.39, 0.29) is 17.4 Å². The number of thioether (sulfide) groups is 1. The highest BCUT2D eigenvalue weighted by atomic mass is 32.2. The van der Waals surface area contributed by atoms with Gasteiger partial charge in [0, 0.05) is 25.5 Å². The maximum absolute atomic E-state index is 13.0. The number of carbonyl (C=O) groups excluding carboxylic acids is 2. The van der Waals surface area contributed by atoms with Crippen LogP contribution in [0.5, 0.6) is 5.75 Å². The van der Waals surface area contributed by atoms with Gasteiger partial charge in [0.05, 0.1) is 18.6 Å². The molecule has 1 saturated carbocycles. The standard InChI is InChI=1S/C28H34N4O3S/c1-20(33)29-18-8-13-27-30-31-28(32(27)24-11-6-7-12-26(24)35-2)36-19-25(34)23-16-14-22(15-17-23)21-9-4-3-5-10-21/h6-7,11-12,14-17,21H,3-5,8-10,13,18-19H2,1-2H3,(H,29,33). The third-order valence-electron chi connectivity index (χ3n) is 6.62. The minimum absolute atomic E-state index is 0.0530. The van der Waals surface area contributed by atoms with Gasteiger partial charge in [-0.2, -0.15) is 0 Å². The molecule has 0 bridgehead atoms. The molecule has 7 nitrogen and oxygen atoms in total. The van der Waals surface area contributed by atoms with E-state index in [2.05, 4.69) is 27.6 Å². The fourth-order valence-electron chi connectivity index (χ4n) is 4.71. The van der Waals surface area contributed by atoms with Gasteiger partial charge in [0.25, 0.3) is 0 Å². The molecule has 1 amide bonds. The molecule has 1 aromatic heterocycles. The third-order valence-corrected chi connectivity index (χ3v) is 7.55. The number of hydrogen-bond donors (Lipinski definition) is 1. The van der Waals surface area contributed by atoms with Crippen LogP contribution in [0.4, 0.5) is 0 Å². The van der Waals surface area contributed by atoms with Crippen LogP contribution < -0.4 is 10.1 Å². The zero-order valence-corrected chi connectivity index (χ0v) is 21.9. The number of aromatic nitrogens is 3. The van der Waals surface area contributed by atoms with Crippen LogP contribution in [-0.2, 0) is 11.2 Å². The summed E-state index contributed by atoms with van der Waals surface area (Å²) in [6.45, 7) is 2.07. The number of nitrogens with one attached hydrogen (secondary N) is 1. The molecule has 1 N–H and O–H groups in total. The van der Waals surface area contributed by atoms with Crippen molar-refractivity contribution in [2.24, 2.45) is 0 Å². The largest absolute Gasteiger partial charge is 0.495 e. The highest BCUT2D eigenvalue weighted by molar-refractivity contribution is 7.99. The Hall–Kier alpha value is -3.13. The lowest BCUT2D eigenvalue weighted by Gasteiger charge is -2.22. The molecule has 3 aromatic rings. The van der Waals surface area contributed by atoms with E-state index >= 15 is 0 Å². The average Bonchev–Trinajstić information content (AvgIpc) is 3.32. The lowest BCUT2D eigenvalue weighted by molar-refractivity contribution is -0.118. The van der Waals surface area contributed by atoms with Crippen molar-refractivity contribution in [1.29, 1.82) is 0 Å². The van der Waals surface area contributed by atoms with Crippen LogP contribution in [0.15, 0.2) is 53.7 Å². The van der Waals surface area contributed by atoms with Gasteiger partial charge in [-0.1, -0.05) is 67.4 Å². The number of aryl methyl sites for hydroxylation is 1. The van der Waals surface area contributed by atoms with Crippen molar-refractivity contribution in [1.82, 2.24) is 20.1 Å². The number of carbonyl (C=O) groups is 2. The van der Waals surface area contributed by atoms with Gasteiger partial charge in [0.2, 0.25) is 5.91 Å². The summed E-state index contributed by atoms with van der Waals surface area (Å²) in [6.07, 6.45) is 7.77. The summed E-state index contributed by atoms with van der Waals surface area (Å²) in [6, 6.07) is 15.9. The van der Waals surface area contributed by atoms with Gasteiger partial charge in [-0.3, -0.25) is 14.2 Å². The Morgan fingerprint density at radius 3 is 2.53 bits per heavy atom. The highest BCUT2D eigenvalue weighted by Crippen LogP contribution is 2.33. The van der Waals surface area contributed by atoms with Crippen molar-refractivity contribution in [3.05, 3.63) is 65.5 Å². The van der Waals surface area contributed by atoms with Crippen molar-refractivity contribution in [3.63, 3.8) is 0 Å². The second-order valence-corrected chi connectivity index (χ2v) is 10.1. The Labute approximate surface area is 217 Å². The quantitative estimate of drug-likeness (QED) is 0.214. The smallest absolute Gasteiger partial charge is 0.216 e. The SMILES string of the molecule is COc1ccccc1-n1c(CCCNC(C)=O)nnc1SCC(=O)c1ccc(C2CCCCC2)cc1. The number of ketones is 1. The zero-order valence-electron chi connectivity index (χ0n) is 21.0. The molecule has 0 aliphatic heterocycles. The molecule has 0 unspecified atom stereocenters. The minimum Gasteiger partial charge on any atom is -0.495 e. The van der Waals surface area contributed by atoms with Crippen LogP contribution >= 0.6 is 11.8 Å². The van der Waals surface area contributed by atoms with E-state index in [0.29, 0.717) is 29.8 Å². The maximum atomic E-state index is 13.0. The highest BCUT2D eigenvalue weighted by Gasteiger charge is 2.20. The van der Waals surface area contributed by atoms with E-state index in [4.69, 9.17) is 4.74 Å². The lowest BCUT2D eigenvalue weighted by atomic mass is 9.84. The van der Waals surface area contributed by atoms with Crippen molar-refractivity contribution >= 4 is 23.5 Å². The Morgan fingerprint density at radius 2 is 1.81 bits per heavy atom. The van der Waals surface area contributed by atoms with E-state index in [1.807, 2.05) is 41.0 Å². The molecule has 1 aliphatic carbocycles. The first kappa shape index (κ1) is 25.9. The summed E-state index contributed by atoms with van der Waals surface area (Å²) in [5.74, 6) is 2.37. The van der Waals surface area contributed by atoms with Crippen LogP contribution in [0, 0.1) is 0 Å². The van der Waals surface area contributed by atoms with Gasteiger partial charge in [0.15, 0.2) is 10.9 Å². The van der Waals surface area contributed by atoms with Gasteiger partial charge in [-0.05, 0) is 42.9 Å². The maximum Gasteiger partial charge on any atom is 0.216 e. The van der Waals surface area contributed by atoms with Crippen molar-refractivity contribution < 1.29 is 14.3 Å². The summed E-state index contributed by atoms with van der Waals surface area (Å²) < 4.78 is 7.54. The molecular weight excluding hydrogens is 472 g/mol. The molecule has 1 aliphatic rings. The topological polar surface area (TPSA) is 86.1 Å². The van der Waals surface area contributed by atoms with E-state index in [1.54, 1.807) is 7.11 Å². The number of rotatable bonds is 11. The van der Waals surface area contributed by atoms with Gasteiger partial charge in [-0.15, -0.1) is 10.2 Å². The minimum atomic E-state index is -0.0530. The summed E-state index contributed by atoms with van der Waals surface area (Å²) in [4.78, 5) is 24.2. The molecule has 4 rings (SSSR count). The number of ether oxygens (including phenoxy) is 1. The Bertz CT molecular complexity index is 1170. The molecule has 1 fully saturated rings.